The topological polar surface area (TPSA) is 76.0 Å². The van der Waals surface area contributed by atoms with Gasteiger partial charge in [-0.15, -0.1) is 0 Å². The molecule has 35 heavy (non-hydrogen) atoms. The second-order valence-corrected chi connectivity index (χ2v) is 9.06. The average Bonchev–Trinajstić information content (AvgIpc) is 3.33. The Morgan fingerprint density at radius 2 is 1.80 bits per heavy atom. The van der Waals surface area contributed by atoms with Crippen LogP contribution in [-0.4, -0.2) is 35.2 Å². The number of carboxylic acids is 1. The second-order valence-electron chi connectivity index (χ2n) is 8.25. The molecule has 1 unspecified atom stereocenters. The number of aliphatic imine (C=N–C) groups is 1. The van der Waals surface area contributed by atoms with E-state index in [9.17, 15) is 14.7 Å². The van der Waals surface area contributed by atoms with Gasteiger partial charge in [0.1, 0.15) is 11.3 Å². The number of hydrogen-bond donors (Lipinski definition) is 1. The molecule has 0 saturated carbocycles. The Bertz CT molecular complexity index is 1330. The van der Waals surface area contributed by atoms with Crippen LogP contribution < -0.4 is 4.74 Å². The van der Waals surface area contributed by atoms with Gasteiger partial charge in [0.25, 0.3) is 0 Å². The summed E-state index contributed by atoms with van der Waals surface area (Å²) >= 11 is 13.0. The normalized spacial score (nSPS) is 16.4. The van der Waals surface area contributed by atoms with Crippen LogP contribution in [0.2, 0.25) is 10.0 Å². The van der Waals surface area contributed by atoms with Gasteiger partial charge in [-0.3, -0.25) is 9.79 Å². The fourth-order valence-corrected chi connectivity index (χ4v) is 4.42. The lowest BCUT2D eigenvalue weighted by Crippen LogP contribution is -2.36. The first kappa shape index (κ1) is 24.7. The van der Waals surface area contributed by atoms with E-state index in [0.717, 1.165) is 17.5 Å². The molecule has 5 nitrogen and oxygen atoms in total. The van der Waals surface area contributed by atoms with E-state index in [1.807, 2.05) is 25.1 Å². The summed E-state index contributed by atoms with van der Waals surface area (Å²) in [5, 5.41) is 10.1. The van der Waals surface area contributed by atoms with Crippen LogP contribution in [0.15, 0.2) is 77.8 Å². The molecule has 0 aliphatic carbocycles. The first-order valence-corrected chi connectivity index (χ1v) is 11.9. The molecule has 1 heterocycles. The van der Waals surface area contributed by atoms with Crippen LogP contribution in [0.3, 0.4) is 0 Å². The van der Waals surface area contributed by atoms with Gasteiger partial charge in [-0.25, -0.2) is 4.79 Å². The number of aromatic carboxylic acids is 1. The van der Waals surface area contributed by atoms with Gasteiger partial charge in [-0.05, 0) is 77.7 Å². The maximum absolute atomic E-state index is 13.7. The molecule has 0 aromatic heterocycles. The van der Waals surface area contributed by atoms with Crippen LogP contribution in [0.5, 0.6) is 5.75 Å². The predicted octanol–water partition coefficient (Wildman–Crippen LogP) is 6.95. The SMILES string of the molecule is CCCOc1ccc(C(=O)C2(Cc3cc(-c4cccc(C(=O)O)c4)ccc3Cl)C=CC=N2)c(Cl)c1. The number of nitrogens with zero attached hydrogens (tertiary/aromatic N) is 1. The zero-order chi connectivity index (χ0) is 25.0. The van der Waals surface area contributed by atoms with Gasteiger partial charge in [0.15, 0.2) is 5.78 Å². The van der Waals surface area contributed by atoms with Gasteiger partial charge in [-0.1, -0.05) is 48.3 Å². The Balaban J connectivity index is 1.67. The number of hydrogen-bond acceptors (Lipinski definition) is 4. The summed E-state index contributed by atoms with van der Waals surface area (Å²) in [7, 11) is 0. The van der Waals surface area contributed by atoms with Crippen molar-refractivity contribution in [2.24, 2.45) is 4.99 Å². The number of ketones is 1. The molecule has 1 atom stereocenters. The largest absolute Gasteiger partial charge is 0.494 e. The van der Waals surface area contributed by atoms with Crippen molar-refractivity contribution in [2.75, 3.05) is 6.61 Å². The lowest BCUT2D eigenvalue weighted by molar-refractivity contribution is 0.0696. The second kappa shape index (κ2) is 10.5. The number of Topliss-reactive ketones (excluding diaryl/α,β-unsaturated/α-hetero) is 1. The minimum Gasteiger partial charge on any atom is -0.494 e. The van der Waals surface area contributed by atoms with Crippen LogP contribution >= 0.6 is 23.2 Å². The van der Waals surface area contributed by atoms with Gasteiger partial charge < -0.3 is 9.84 Å². The molecule has 1 aliphatic rings. The summed E-state index contributed by atoms with van der Waals surface area (Å²) in [6.07, 6.45) is 6.16. The maximum atomic E-state index is 13.7. The maximum Gasteiger partial charge on any atom is 0.335 e. The summed E-state index contributed by atoms with van der Waals surface area (Å²) in [6.45, 7) is 2.57. The Kier molecular flexibility index (Phi) is 7.39. The number of rotatable bonds is 9. The fourth-order valence-electron chi connectivity index (χ4n) is 3.98. The molecule has 1 aliphatic heterocycles. The number of carbonyl (C=O) groups excluding carboxylic acids is 1. The van der Waals surface area contributed by atoms with E-state index in [1.165, 1.54) is 6.07 Å². The molecule has 1 N–H and O–H groups in total. The van der Waals surface area contributed by atoms with E-state index >= 15 is 0 Å². The summed E-state index contributed by atoms with van der Waals surface area (Å²) in [4.78, 5) is 29.6. The Hall–Kier alpha value is -3.41. The first-order valence-electron chi connectivity index (χ1n) is 11.2. The van der Waals surface area contributed by atoms with Crippen LogP contribution in [-0.2, 0) is 6.42 Å². The van der Waals surface area contributed by atoms with Crippen molar-refractivity contribution >= 4 is 41.2 Å². The van der Waals surface area contributed by atoms with E-state index in [-0.39, 0.29) is 17.8 Å². The molecule has 0 amide bonds. The summed E-state index contributed by atoms with van der Waals surface area (Å²) in [6, 6.07) is 17.1. The van der Waals surface area contributed by atoms with Crippen molar-refractivity contribution in [3.8, 4) is 16.9 Å². The average molecular weight is 508 g/mol. The monoisotopic (exact) mass is 507 g/mol. The quantitative estimate of drug-likeness (QED) is 0.317. The lowest BCUT2D eigenvalue weighted by atomic mass is 9.83. The Labute approximate surface area is 213 Å². The number of carboxylic acid groups (broad SMARTS) is 1. The minimum absolute atomic E-state index is 0.190. The highest BCUT2D eigenvalue weighted by molar-refractivity contribution is 6.35. The zero-order valence-corrected chi connectivity index (χ0v) is 20.5. The molecule has 0 spiro atoms. The van der Waals surface area contributed by atoms with Crippen molar-refractivity contribution in [1.29, 1.82) is 0 Å². The predicted molar refractivity (Wildman–Crippen MR) is 139 cm³/mol. The standard InChI is InChI=1S/C28H23Cl2NO4/c1-2-13-35-22-8-9-23(25(30)16-22)26(32)28(11-4-12-31-28)17-21-15-19(7-10-24(21)29)18-5-3-6-20(14-18)27(33)34/h3-12,14-16H,2,13,17H2,1H3,(H,33,34). The van der Waals surface area contributed by atoms with E-state index in [4.69, 9.17) is 27.9 Å². The molecule has 178 valence electrons. The molecular formula is C28H23Cl2NO4. The van der Waals surface area contributed by atoms with E-state index < -0.39 is 11.5 Å². The number of allylic oxidation sites excluding steroid dienone is 1. The van der Waals surface area contributed by atoms with Gasteiger partial charge in [0.05, 0.1) is 17.2 Å². The van der Waals surface area contributed by atoms with E-state index in [2.05, 4.69) is 4.99 Å². The van der Waals surface area contributed by atoms with Gasteiger partial charge in [0.2, 0.25) is 0 Å². The van der Waals surface area contributed by atoms with Crippen LogP contribution in [0.1, 0.15) is 39.6 Å². The third-order valence-electron chi connectivity index (χ3n) is 5.76. The molecule has 4 rings (SSSR count). The Morgan fingerprint density at radius 1 is 1.00 bits per heavy atom. The van der Waals surface area contributed by atoms with Crippen LogP contribution in [0.4, 0.5) is 0 Å². The molecular weight excluding hydrogens is 485 g/mol. The highest BCUT2D eigenvalue weighted by atomic mass is 35.5. The number of benzene rings is 3. The van der Waals surface area contributed by atoms with E-state index in [0.29, 0.717) is 33.5 Å². The molecule has 3 aromatic carbocycles. The van der Waals surface area contributed by atoms with Crippen LogP contribution in [0.25, 0.3) is 11.1 Å². The van der Waals surface area contributed by atoms with E-state index in [1.54, 1.807) is 54.8 Å². The number of halogens is 2. The first-order chi connectivity index (χ1) is 16.8. The van der Waals surface area contributed by atoms with Crippen molar-refractivity contribution < 1.29 is 19.4 Å². The van der Waals surface area contributed by atoms with Crippen molar-refractivity contribution in [1.82, 2.24) is 0 Å². The number of ether oxygens (including phenoxy) is 1. The molecule has 3 aromatic rings. The summed E-state index contributed by atoms with van der Waals surface area (Å²) in [5.41, 5.74) is 1.58. The van der Waals surface area contributed by atoms with Crippen LogP contribution in [0, 0.1) is 0 Å². The van der Waals surface area contributed by atoms with Gasteiger partial charge in [0, 0.05) is 23.2 Å². The molecule has 0 saturated heterocycles. The Morgan fingerprint density at radius 3 is 2.49 bits per heavy atom. The third kappa shape index (κ3) is 5.31. The smallest absolute Gasteiger partial charge is 0.335 e. The van der Waals surface area contributed by atoms with Crippen molar-refractivity contribution in [3.63, 3.8) is 0 Å². The van der Waals surface area contributed by atoms with Gasteiger partial charge >= 0.3 is 5.97 Å². The number of carbonyl (C=O) groups is 2. The molecule has 0 radical (unpaired) electrons. The molecule has 0 bridgehead atoms. The lowest BCUT2D eigenvalue weighted by Gasteiger charge is -2.24. The van der Waals surface area contributed by atoms with Gasteiger partial charge in [-0.2, -0.15) is 0 Å². The molecule has 7 heteroatoms. The summed E-state index contributed by atoms with van der Waals surface area (Å²) < 4.78 is 5.62. The van der Waals surface area contributed by atoms with Crippen molar-refractivity contribution in [3.05, 3.63) is 99.6 Å². The minimum atomic E-state index is -1.19. The zero-order valence-electron chi connectivity index (χ0n) is 19.0. The highest BCUT2D eigenvalue weighted by Gasteiger charge is 2.39. The third-order valence-corrected chi connectivity index (χ3v) is 6.44. The highest BCUT2D eigenvalue weighted by Crippen LogP contribution is 2.35. The summed E-state index contributed by atoms with van der Waals surface area (Å²) in [5.74, 6) is -0.643. The molecule has 0 fully saturated rings. The fraction of sp³-hybridized carbons (Fsp3) is 0.179. The van der Waals surface area contributed by atoms with Crippen molar-refractivity contribution in [2.45, 2.75) is 25.3 Å².